The highest BCUT2D eigenvalue weighted by molar-refractivity contribution is 5.78. The van der Waals surface area contributed by atoms with Gasteiger partial charge in [-0.3, -0.25) is 9.59 Å². The number of likely N-dealkylation sites (tertiary alicyclic amines) is 1. The van der Waals surface area contributed by atoms with Crippen LogP contribution in [0.5, 0.6) is 5.75 Å². The topological polar surface area (TPSA) is 58.6 Å². The van der Waals surface area contributed by atoms with Crippen LogP contribution in [-0.2, 0) is 9.59 Å². The van der Waals surface area contributed by atoms with Gasteiger partial charge in [0.2, 0.25) is 5.91 Å². The maximum absolute atomic E-state index is 13.3. The molecule has 0 bridgehead atoms. The zero-order valence-corrected chi connectivity index (χ0v) is 12.3. The molecule has 0 aromatic heterocycles. The highest BCUT2D eigenvalue weighted by atomic mass is 19.1. The number of amides is 2. The number of piperidine rings is 1. The van der Waals surface area contributed by atoms with Crippen molar-refractivity contribution in [2.75, 3.05) is 19.7 Å². The van der Waals surface area contributed by atoms with Gasteiger partial charge in [0.25, 0.3) is 5.91 Å². The van der Waals surface area contributed by atoms with Gasteiger partial charge in [0.15, 0.2) is 18.2 Å². The summed E-state index contributed by atoms with van der Waals surface area (Å²) in [6.07, 6.45) is 1.35. The molecule has 120 valence electrons. The normalized spacial score (nSPS) is 15.5. The van der Waals surface area contributed by atoms with Crippen molar-refractivity contribution in [2.45, 2.75) is 25.8 Å². The van der Waals surface area contributed by atoms with Gasteiger partial charge in [-0.05, 0) is 25.0 Å². The Bertz CT molecular complexity index is 558. The van der Waals surface area contributed by atoms with E-state index >= 15 is 0 Å². The Labute approximate surface area is 127 Å². The first-order chi connectivity index (χ1) is 10.5. The van der Waals surface area contributed by atoms with Crippen LogP contribution in [0, 0.1) is 11.6 Å². The third kappa shape index (κ3) is 4.41. The summed E-state index contributed by atoms with van der Waals surface area (Å²) in [5, 5.41) is 2.78. The molecule has 0 saturated carbocycles. The molecular weight excluding hydrogens is 294 g/mol. The van der Waals surface area contributed by atoms with Crippen molar-refractivity contribution in [2.24, 2.45) is 0 Å². The van der Waals surface area contributed by atoms with Gasteiger partial charge < -0.3 is 15.0 Å². The van der Waals surface area contributed by atoms with Crippen LogP contribution in [0.2, 0.25) is 0 Å². The van der Waals surface area contributed by atoms with Gasteiger partial charge >= 0.3 is 0 Å². The van der Waals surface area contributed by atoms with Crippen LogP contribution in [0.15, 0.2) is 18.2 Å². The molecule has 0 spiro atoms. The Morgan fingerprint density at radius 1 is 1.32 bits per heavy atom. The predicted octanol–water partition coefficient (Wildman–Crippen LogP) is 1.47. The fourth-order valence-corrected chi connectivity index (χ4v) is 2.34. The molecule has 1 aliphatic rings. The second-order valence-electron chi connectivity index (χ2n) is 5.21. The lowest BCUT2D eigenvalue weighted by atomic mass is 10.1. The van der Waals surface area contributed by atoms with Crippen LogP contribution >= 0.6 is 0 Å². The summed E-state index contributed by atoms with van der Waals surface area (Å²) < 4.78 is 31.1. The summed E-state index contributed by atoms with van der Waals surface area (Å²) in [6, 6.07) is 2.88. The van der Waals surface area contributed by atoms with E-state index in [0.29, 0.717) is 32.0 Å². The maximum atomic E-state index is 13.3. The highest BCUT2D eigenvalue weighted by Crippen LogP contribution is 2.17. The predicted molar refractivity (Wildman–Crippen MR) is 75.3 cm³/mol. The number of hydrogen-bond acceptors (Lipinski definition) is 3. The molecular formula is C15H18F2N2O3. The smallest absolute Gasteiger partial charge is 0.258 e. The molecule has 1 saturated heterocycles. The lowest BCUT2D eigenvalue weighted by Gasteiger charge is -2.31. The third-order valence-electron chi connectivity index (χ3n) is 3.56. The summed E-state index contributed by atoms with van der Waals surface area (Å²) in [7, 11) is 0. The standard InChI is InChI=1S/C15H18F2N2O3/c1-10(20)19-6-4-12(5-7-19)18-15(21)9-22-14-3-2-11(16)8-13(14)17/h2-3,8,12H,4-7,9H2,1H3,(H,18,21). The summed E-state index contributed by atoms with van der Waals surface area (Å²) in [6.45, 7) is 2.39. The van der Waals surface area contributed by atoms with E-state index < -0.39 is 11.6 Å². The summed E-state index contributed by atoms with van der Waals surface area (Å²) in [5.41, 5.74) is 0. The molecule has 1 aliphatic heterocycles. The van der Waals surface area contributed by atoms with E-state index in [1.807, 2.05) is 0 Å². The first kappa shape index (κ1) is 16.2. The number of nitrogens with zero attached hydrogens (tertiary/aromatic N) is 1. The Balaban J connectivity index is 1.75. The average molecular weight is 312 g/mol. The van der Waals surface area contributed by atoms with Crippen LogP contribution in [0.3, 0.4) is 0 Å². The summed E-state index contributed by atoms with van der Waals surface area (Å²) in [4.78, 5) is 24.7. The van der Waals surface area contributed by atoms with Crippen LogP contribution in [0.25, 0.3) is 0 Å². The molecule has 0 unspecified atom stereocenters. The minimum absolute atomic E-state index is 0.0234. The van der Waals surface area contributed by atoms with Crippen LogP contribution in [0.1, 0.15) is 19.8 Å². The van der Waals surface area contributed by atoms with Gasteiger partial charge in [0.05, 0.1) is 0 Å². The van der Waals surface area contributed by atoms with E-state index in [9.17, 15) is 18.4 Å². The summed E-state index contributed by atoms with van der Waals surface area (Å²) in [5.74, 6) is -2.05. The molecule has 1 heterocycles. The second-order valence-corrected chi connectivity index (χ2v) is 5.21. The Hall–Kier alpha value is -2.18. The van der Waals surface area contributed by atoms with Crippen LogP contribution in [0.4, 0.5) is 8.78 Å². The van der Waals surface area contributed by atoms with E-state index in [-0.39, 0.29) is 30.2 Å². The van der Waals surface area contributed by atoms with E-state index in [1.165, 1.54) is 6.92 Å². The number of ether oxygens (including phenoxy) is 1. The molecule has 0 radical (unpaired) electrons. The first-order valence-electron chi connectivity index (χ1n) is 7.08. The number of hydrogen-bond donors (Lipinski definition) is 1. The zero-order valence-electron chi connectivity index (χ0n) is 12.3. The van der Waals surface area contributed by atoms with Crippen molar-refractivity contribution in [3.63, 3.8) is 0 Å². The van der Waals surface area contributed by atoms with Crippen molar-refractivity contribution in [3.8, 4) is 5.75 Å². The largest absolute Gasteiger partial charge is 0.481 e. The van der Waals surface area contributed by atoms with E-state index in [4.69, 9.17) is 4.74 Å². The Morgan fingerprint density at radius 3 is 2.59 bits per heavy atom. The number of rotatable bonds is 4. The molecule has 5 nitrogen and oxygen atoms in total. The Kier molecular flexibility index (Phi) is 5.30. The molecule has 2 rings (SSSR count). The SMILES string of the molecule is CC(=O)N1CCC(NC(=O)COc2ccc(F)cc2F)CC1. The van der Waals surface area contributed by atoms with Crippen LogP contribution in [-0.4, -0.2) is 42.5 Å². The van der Waals surface area contributed by atoms with Gasteiger partial charge in [-0.2, -0.15) is 0 Å². The number of halogens is 2. The molecule has 7 heteroatoms. The van der Waals surface area contributed by atoms with Gasteiger partial charge in [-0.1, -0.05) is 0 Å². The van der Waals surface area contributed by atoms with Crippen molar-refractivity contribution in [3.05, 3.63) is 29.8 Å². The molecule has 1 aromatic rings. The van der Waals surface area contributed by atoms with Crippen molar-refractivity contribution in [1.82, 2.24) is 10.2 Å². The first-order valence-corrected chi connectivity index (χ1v) is 7.08. The summed E-state index contributed by atoms with van der Waals surface area (Å²) >= 11 is 0. The van der Waals surface area contributed by atoms with E-state index in [0.717, 1.165) is 12.1 Å². The molecule has 0 aliphatic carbocycles. The third-order valence-corrected chi connectivity index (χ3v) is 3.56. The molecule has 2 amide bonds. The van der Waals surface area contributed by atoms with Crippen molar-refractivity contribution in [1.29, 1.82) is 0 Å². The van der Waals surface area contributed by atoms with Crippen LogP contribution < -0.4 is 10.1 Å². The maximum Gasteiger partial charge on any atom is 0.258 e. The van der Waals surface area contributed by atoms with Crippen molar-refractivity contribution < 1.29 is 23.1 Å². The van der Waals surface area contributed by atoms with Gasteiger partial charge in [-0.15, -0.1) is 0 Å². The second kappa shape index (κ2) is 7.20. The highest BCUT2D eigenvalue weighted by Gasteiger charge is 2.22. The number of nitrogens with one attached hydrogen (secondary N) is 1. The number of benzene rings is 1. The average Bonchev–Trinajstić information content (AvgIpc) is 2.47. The Morgan fingerprint density at radius 2 is 2.00 bits per heavy atom. The molecule has 1 fully saturated rings. The lowest BCUT2D eigenvalue weighted by molar-refractivity contribution is -0.130. The van der Waals surface area contributed by atoms with E-state index in [2.05, 4.69) is 5.32 Å². The molecule has 0 atom stereocenters. The fraction of sp³-hybridized carbons (Fsp3) is 0.467. The number of carbonyl (C=O) groups is 2. The van der Waals surface area contributed by atoms with Gasteiger partial charge in [0, 0.05) is 32.1 Å². The minimum Gasteiger partial charge on any atom is -0.481 e. The lowest BCUT2D eigenvalue weighted by Crippen LogP contribution is -2.47. The van der Waals surface area contributed by atoms with Crippen molar-refractivity contribution >= 4 is 11.8 Å². The fourth-order valence-electron chi connectivity index (χ4n) is 2.34. The molecule has 1 aromatic carbocycles. The molecule has 22 heavy (non-hydrogen) atoms. The monoisotopic (exact) mass is 312 g/mol. The van der Waals surface area contributed by atoms with Gasteiger partial charge in [-0.25, -0.2) is 8.78 Å². The zero-order chi connectivity index (χ0) is 16.1. The minimum atomic E-state index is -0.845. The van der Waals surface area contributed by atoms with E-state index in [1.54, 1.807) is 4.90 Å². The number of carbonyl (C=O) groups excluding carboxylic acids is 2. The van der Waals surface area contributed by atoms with Gasteiger partial charge in [0.1, 0.15) is 5.82 Å². The molecule has 1 N–H and O–H groups in total. The quantitative estimate of drug-likeness (QED) is 0.916.